The van der Waals surface area contributed by atoms with Crippen molar-refractivity contribution in [3.8, 4) is 5.75 Å². The fraction of sp³-hybridized carbons (Fsp3) is 0.538. The van der Waals surface area contributed by atoms with Crippen LogP contribution < -0.4 is 4.74 Å². The first-order valence-corrected chi connectivity index (χ1v) is 5.97. The zero-order chi connectivity index (χ0) is 11.9. The Kier molecular flexibility index (Phi) is 2.54. The van der Waals surface area contributed by atoms with Crippen LogP contribution in [0.3, 0.4) is 0 Å². The third-order valence-corrected chi connectivity index (χ3v) is 3.57. The Bertz CT molecular complexity index is 422. The van der Waals surface area contributed by atoms with Crippen molar-refractivity contribution in [2.75, 3.05) is 19.7 Å². The van der Waals surface area contributed by atoms with Crippen molar-refractivity contribution in [3.05, 3.63) is 29.8 Å². The van der Waals surface area contributed by atoms with Crippen LogP contribution in [-0.4, -0.2) is 36.6 Å². The lowest BCUT2D eigenvalue weighted by Gasteiger charge is -2.32. The fourth-order valence-corrected chi connectivity index (χ4v) is 2.62. The van der Waals surface area contributed by atoms with E-state index < -0.39 is 5.92 Å². The van der Waals surface area contributed by atoms with Crippen molar-refractivity contribution >= 4 is 0 Å². The molecule has 92 valence electrons. The molecule has 1 atom stereocenters. The maximum atomic E-state index is 13.2. The van der Waals surface area contributed by atoms with Crippen LogP contribution >= 0.6 is 0 Å². The average molecular weight is 239 g/mol. The van der Waals surface area contributed by atoms with E-state index in [2.05, 4.69) is 0 Å². The summed E-state index contributed by atoms with van der Waals surface area (Å²) in [7, 11) is 0. The zero-order valence-electron chi connectivity index (χ0n) is 9.53. The Morgan fingerprint density at radius 1 is 1.29 bits per heavy atom. The van der Waals surface area contributed by atoms with Gasteiger partial charge < -0.3 is 4.74 Å². The van der Waals surface area contributed by atoms with E-state index in [1.165, 1.54) is 0 Å². The van der Waals surface area contributed by atoms with Gasteiger partial charge in [0.2, 0.25) is 0 Å². The molecule has 0 aliphatic carbocycles. The second-order valence-electron chi connectivity index (χ2n) is 4.85. The Morgan fingerprint density at radius 2 is 2.12 bits per heavy atom. The summed E-state index contributed by atoms with van der Waals surface area (Å²) in [6.07, 6.45) is 0.789. The number of nitrogens with zero attached hydrogens (tertiary/aromatic N) is 1. The predicted octanol–water partition coefficient (Wildman–Crippen LogP) is 2.33. The topological polar surface area (TPSA) is 12.5 Å². The van der Waals surface area contributed by atoms with Gasteiger partial charge in [-0.25, -0.2) is 8.78 Å². The highest BCUT2D eigenvalue weighted by Gasteiger charge is 2.41. The predicted molar refractivity (Wildman–Crippen MR) is 60.6 cm³/mol. The largest absolute Gasteiger partial charge is 0.492 e. The first-order valence-electron chi connectivity index (χ1n) is 5.97. The zero-order valence-corrected chi connectivity index (χ0v) is 9.53. The number of likely N-dealkylation sites (tertiary alicyclic amines) is 1. The number of para-hydroxylation sites is 1. The quantitative estimate of drug-likeness (QED) is 0.745. The highest BCUT2D eigenvalue weighted by molar-refractivity contribution is 5.35. The van der Waals surface area contributed by atoms with E-state index in [1.54, 1.807) is 0 Å². The van der Waals surface area contributed by atoms with Crippen molar-refractivity contribution < 1.29 is 13.5 Å². The third-order valence-electron chi connectivity index (χ3n) is 3.57. The highest BCUT2D eigenvalue weighted by atomic mass is 19.3. The monoisotopic (exact) mass is 239 g/mol. The molecule has 1 saturated heterocycles. The van der Waals surface area contributed by atoms with Gasteiger partial charge in [0.05, 0.1) is 6.54 Å². The van der Waals surface area contributed by atoms with Gasteiger partial charge in [0, 0.05) is 19.0 Å². The Hall–Kier alpha value is -1.16. The summed E-state index contributed by atoms with van der Waals surface area (Å²) >= 11 is 0. The summed E-state index contributed by atoms with van der Waals surface area (Å²) in [6, 6.07) is 7.94. The van der Waals surface area contributed by atoms with Crippen molar-refractivity contribution in [2.24, 2.45) is 0 Å². The molecule has 2 aliphatic heterocycles. The number of halogens is 2. The van der Waals surface area contributed by atoms with Crippen molar-refractivity contribution in [1.29, 1.82) is 0 Å². The minimum absolute atomic E-state index is 0.0227. The van der Waals surface area contributed by atoms with E-state index in [0.717, 1.165) is 17.7 Å². The van der Waals surface area contributed by atoms with Crippen LogP contribution in [0.1, 0.15) is 12.0 Å². The number of rotatable bonds is 1. The van der Waals surface area contributed by atoms with E-state index in [-0.39, 0.29) is 19.0 Å². The molecule has 2 heterocycles. The van der Waals surface area contributed by atoms with Gasteiger partial charge in [-0.15, -0.1) is 0 Å². The number of benzene rings is 1. The normalized spacial score (nSPS) is 27.5. The summed E-state index contributed by atoms with van der Waals surface area (Å²) in [5.74, 6) is -1.62. The van der Waals surface area contributed by atoms with Gasteiger partial charge in [-0.2, -0.15) is 0 Å². The van der Waals surface area contributed by atoms with Crippen LogP contribution in [0.15, 0.2) is 24.3 Å². The van der Waals surface area contributed by atoms with Gasteiger partial charge in [0.15, 0.2) is 0 Å². The Labute approximate surface area is 99.2 Å². The van der Waals surface area contributed by atoms with Gasteiger partial charge in [0.1, 0.15) is 12.4 Å². The smallest absolute Gasteiger partial charge is 0.261 e. The molecule has 0 radical (unpaired) electrons. The molecule has 1 aromatic carbocycles. The fourth-order valence-electron chi connectivity index (χ4n) is 2.62. The number of hydrogen-bond donors (Lipinski definition) is 0. The van der Waals surface area contributed by atoms with Gasteiger partial charge >= 0.3 is 0 Å². The van der Waals surface area contributed by atoms with Crippen LogP contribution in [0.25, 0.3) is 0 Å². The van der Waals surface area contributed by atoms with Crippen LogP contribution in [0, 0.1) is 0 Å². The molecule has 17 heavy (non-hydrogen) atoms. The first kappa shape index (κ1) is 11.0. The molecule has 4 heteroatoms. The highest BCUT2D eigenvalue weighted by Crippen LogP contribution is 2.32. The van der Waals surface area contributed by atoms with Gasteiger partial charge in [-0.05, 0) is 18.1 Å². The molecule has 0 saturated carbocycles. The molecule has 1 aromatic rings. The second kappa shape index (κ2) is 3.95. The number of hydrogen-bond acceptors (Lipinski definition) is 2. The molecule has 0 amide bonds. The molecule has 0 spiro atoms. The number of alkyl halides is 2. The van der Waals surface area contributed by atoms with Gasteiger partial charge in [0.25, 0.3) is 5.92 Å². The van der Waals surface area contributed by atoms with E-state index in [9.17, 15) is 8.78 Å². The Morgan fingerprint density at radius 3 is 2.88 bits per heavy atom. The molecular weight excluding hydrogens is 224 g/mol. The number of fused-ring (bicyclic) bond motifs is 1. The van der Waals surface area contributed by atoms with Crippen LogP contribution in [-0.2, 0) is 6.42 Å². The van der Waals surface area contributed by atoms with E-state index >= 15 is 0 Å². The minimum Gasteiger partial charge on any atom is -0.492 e. The van der Waals surface area contributed by atoms with E-state index in [1.807, 2.05) is 29.2 Å². The lowest BCUT2D eigenvalue weighted by Crippen LogP contribution is -2.42. The molecule has 3 rings (SSSR count). The average Bonchev–Trinajstić information content (AvgIpc) is 2.69. The molecule has 2 aliphatic rings. The summed E-state index contributed by atoms with van der Waals surface area (Å²) in [5.41, 5.74) is 1.12. The van der Waals surface area contributed by atoms with Gasteiger partial charge in [-0.3, -0.25) is 4.90 Å². The van der Waals surface area contributed by atoms with E-state index in [4.69, 9.17) is 4.74 Å². The van der Waals surface area contributed by atoms with Gasteiger partial charge in [-0.1, -0.05) is 18.2 Å². The molecular formula is C13H15F2NO. The Balaban J connectivity index is 1.72. The van der Waals surface area contributed by atoms with Crippen molar-refractivity contribution in [1.82, 2.24) is 4.90 Å². The van der Waals surface area contributed by atoms with Crippen LogP contribution in [0.2, 0.25) is 0 Å². The van der Waals surface area contributed by atoms with E-state index in [0.29, 0.717) is 13.2 Å². The third kappa shape index (κ3) is 2.14. The second-order valence-corrected chi connectivity index (χ2v) is 4.85. The molecule has 0 bridgehead atoms. The first-order chi connectivity index (χ1) is 8.14. The molecule has 0 N–H and O–H groups in total. The van der Waals surface area contributed by atoms with Crippen LogP contribution in [0.5, 0.6) is 5.75 Å². The lowest BCUT2D eigenvalue weighted by molar-refractivity contribution is 0.00381. The molecule has 2 nitrogen and oxygen atoms in total. The maximum Gasteiger partial charge on any atom is 0.261 e. The lowest BCUT2D eigenvalue weighted by atomic mass is 10.0. The molecule has 1 unspecified atom stereocenters. The van der Waals surface area contributed by atoms with Crippen LogP contribution in [0.4, 0.5) is 8.78 Å². The summed E-state index contributed by atoms with van der Waals surface area (Å²) in [4.78, 5) is 1.86. The summed E-state index contributed by atoms with van der Waals surface area (Å²) < 4.78 is 32.0. The standard InChI is InChI=1S/C13H15F2NO/c14-13(15)5-6-16(9-13)11-7-10-3-1-2-4-12(10)17-8-11/h1-4,11H,5-9H2. The minimum atomic E-state index is -2.52. The summed E-state index contributed by atoms with van der Waals surface area (Å²) in [5, 5.41) is 0. The van der Waals surface area contributed by atoms with Crippen molar-refractivity contribution in [3.63, 3.8) is 0 Å². The number of ether oxygens (including phenoxy) is 1. The molecule has 0 aromatic heterocycles. The maximum absolute atomic E-state index is 13.2. The molecule has 1 fully saturated rings. The van der Waals surface area contributed by atoms with Crippen molar-refractivity contribution in [2.45, 2.75) is 24.8 Å². The SMILES string of the molecule is FC1(F)CCN(C2COc3ccccc3C2)C1. The summed E-state index contributed by atoms with van der Waals surface area (Å²) in [6.45, 7) is 0.874.